The predicted octanol–water partition coefficient (Wildman–Crippen LogP) is 9.34. The molecule has 0 saturated carbocycles. The summed E-state index contributed by atoms with van der Waals surface area (Å²) in [4.78, 5) is 21.3. The normalized spacial score (nSPS) is 11.7. The molecule has 0 aliphatic heterocycles. The minimum atomic E-state index is -1.94. The van der Waals surface area contributed by atoms with Gasteiger partial charge in [0.1, 0.15) is 0 Å². The molecule has 0 bridgehead atoms. The third kappa shape index (κ3) is 43.7. The van der Waals surface area contributed by atoms with Crippen molar-refractivity contribution in [2.24, 2.45) is 35.5 Å². The number of aliphatic hydroxyl groups excluding tert-OH is 2. The maximum Gasteiger partial charge on any atom is 0.189 e. The summed E-state index contributed by atoms with van der Waals surface area (Å²) in [5.41, 5.74) is 0. The molecule has 0 heterocycles. The molecule has 0 aromatic rings. The molecular formula is C32H76O4Si2Zr. The van der Waals surface area contributed by atoms with Crippen LogP contribution in [0.3, 0.4) is 0 Å². The Morgan fingerprint density at radius 1 is 0.410 bits per heavy atom. The van der Waals surface area contributed by atoms with Gasteiger partial charge in [0.2, 0.25) is 0 Å². The van der Waals surface area contributed by atoms with Crippen molar-refractivity contribution in [1.29, 1.82) is 0 Å². The maximum absolute atomic E-state index is 10.7. The van der Waals surface area contributed by atoms with Crippen LogP contribution in [-0.2, 0) is 26.2 Å². The average Bonchev–Trinajstić information content (AvgIpc) is 2.66. The van der Waals surface area contributed by atoms with E-state index in [0.717, 1.165) is 61.9 Å². The SMILES string of the molecule is CC(C)C[Si](O)(CC(C)C)CC(C)C.CC(C)C[Si](O)(CC(C)C)CC(C)C.CCCCO.CCCCO.[Zr]. The first kappa shape index (κ1) is 49.8. The molecule has 0 atom stereocenters. The first-order chi connectivity index (χ1) is 17.3. The fourth-order valence-corrected chi connectivity index (χ4v) is 15.5. The molecule has 4 nitrogen and oxygen atoms in total. The van der Waals surface area contributed by atoms with Gasteiger partial charge in [-0.3, -0.25) is 0 Å². The van der Waals surface area contributed by atoms with Crippen molar-refractivity contribution in [2.75, 3.05) is 13.2 Å². The Kier molecular flexibility index (Phi) is 39.1. The summed E-state index contributed by atoms with van der Waals surface area (Å²) in [6.07, 6.45) is 4.08. The second kappa shape index (κ2) is 30.6. The summed E-state index contributed by atoms with van der Waals surface area (Å²) >= 11 is 0. The van der Waals surface area contributed by atoms with Gasteiger partial charge in [-0.15, -0.1) is 0 Å². The molecule has 4 N–H and O–H groups in total. The predicted molar refractivity (Wildman–Crippen MR) is 178 cm³/mol. The number of rotatable bonds is 16. The molecule has 0 spiro atoms. The summed E-state index contributed by atoms with van der Waals surface area (Å²) in [6.45, 7) is 31.4. The van der Waals surface area contributed by atoms with Crippen molar-refractivity contribution < 1.29 is 46.0 Å². The van der Waals surface area contributed by atoms with E-state index in [1.807, 2.05) is 0 Å². The van der Waals surface area contributed by atoms with Crippen molar-refractivity contribution in [2.45, 2.75) is 159 Å². The number of unbranched alkanes of at least 4 members (excludes halogenated alkanes) is 2. The first-order valence-electron chi connectivity index (χ1n) is 16.0. The van der Waals surface area contributed by atoms with E-state index in [1.165, 1.54) is 0 Å². The van der Waals surface area contributed by atoms with E-state index >= 15 is 0 Å². The second-order valence-electron chi connectivity index (χ2n) is 14.2. The molecule has 0 rings (SSSR count). The van der Waals surface area contributed by atoms with Gasteiger partial charge in [-0.2, -0.15) is 0 Å². The fraction of sp³-hybridized carbons (Fsp3) is 1.00. The first-order valence-corrected chi connectivity index (χ1v) is 21.1. The van der Waals surface area contributed by atoms with Gasteiger partial charge in [0.25, 0.3) is 0 Å². The van der Waals surface area contributed by atoms with Crippen LogP contribution in [0, 0.1) is 35.5 Å². The van der Waals surface area contributed by atoms with Crippen molar-refractivity contribution in [3.63, 3.8) is 0 Å². The zero-order valence-corrected chi connectivity index (χ0v) is 33.7. The van der Waals surface area contributed by atoms with E-state index in [2.05, 4.69) is 96.9 Å². The van der Waals surface area contributed by atoms with Gasteiger partial charge in [0, 0.05) is 39.4 Å². The van der Waals surface area contributed by atoms with Crippen molar-refractivity contribution in [1.82, 2.24) is 0 Å². The smallest absolute Gasteiger partial charge is 0.189 e. The second-order valence-corrected chi connectivity index (χ2v) is 21.5. The Balaban J connectivity index is -0.000000145. The summed E-state index contributed by atoms with van der Waals surface area (Å²) in [7, 11) is -3.88. The van der Waals surface area contributed by atoms with Crippen LogP contribution in [0.1, 0.15) is 123 Å². The van der Waals surface area contributed by atoms with Crippen molar-refractivity contribution >= 4 is 16.6 Å². The molecule has 7 heteroatoms. The van der Waals surface area contributed by atoms with Crippen LogP contribution in [0.4, 0.5) is 0 Å². The summed E-state index contributed by atoms with van der Waals surface area (Å²) in [5, 5.41) is 16.1. The summed E-state index contributed by atoms with van der Waals surface area (Å²) in [6, 6.07) is 6.44. The number of aliphatic hydroxyl groups is 2. The molecular weight excluding hydrogens is 596 g/mol. The topological polar surface area (TPSA) is 80.9 Å². The Bertz CT molecular complexity index is 374. The van der Waals surface area contributed by atoms with Crippen LogP contribution in [0.2, 0.25) is 36.3 Å². The van der Waals surface area contributed by atoms with E-state index in [0.29, 0.717) is 48.7 Å². The van der Waals surface area contributed by atoms with Crippen LogP contribution >= 0.6 is 0 Å². The quantitative estimate of drug-likeness (QED) is 0.123. The minimum absolute atomic E-state index is 0. The van der Waals surface area contributed by atoms with E-state index in [4.69, 9.17) is 10.2 Å². The molecule has 0 saturated heterocycles. The van der Waals surface area contributed by atoms with E-state index < -0.39 is 16.6 Å². The molecule has 39 heavy (non-hydrogen) atoms. The van der Waals surface area contributed by atoms with E-state index in [9.17, 15) is 9.59 Å². The molecule has 0 radical (unpaired) electrons. The van der Waals surface area contributed by atoms with Gasteiger partial charge in [0.15, 0.2) is 16.6 Å². The van der Waals surface area contributed by atoms with E-state index in [1.54, 1.807) is 0 Å². The minimum Gasteiger partial charge on any atom is -0.432 e. The van der Waals surface area contributed by atoms with Crippen molar-refractivity contribution in [3.8, 4) is 0 Å². The fourth-order valence-electron chi connectivity index (χ4n) is 5.38. The van der Waals surface area contributed by atoms with Crippen LogP contribution in [0.15, 0.2) is 0 Å². The Hall–Kier alpha value is 1.16. The number of hydrogen-bond donors (Lipinski definition) is 4. The van der Waals surface area contributed by atoms with Crippen molar-refractivity contribution in [3.05, 3.63) is 0 Å². The monoisotopic (exact) mass is 670 g/mol. The van der Waals surface area contributed by atoms with Crippen LogP contribution in [0.5, 0.6) is 0 Å². The number of hydrogen-bond acceptors (Lipinski definition) is 4. The van der Waals surface area contributed by atoms with Crippen LogP contribution in [0.25, 0.3) is 0 Å². The van der Waals surface area contributed by atoms with E-state index in [-0.39, 0.29) is 26.2 Å². The Morgan fingerprint density at radius 2 is 0.564 bits per heavy atom. The van der Waals surface area contributed by atoms with Crippen LogP contribution < -0.4 is 0 Å². The molecule has 0 amide bonds. The summed E-state index contributed by atoms with van der Waals surface area (Å²) in [5.74, 6) is 3.86. The van der Waals surface area contributed by atoms with Crippen LogP contribution in [-0.4, -0.2) is 49.7 Å². The Labute approximate surface area is 269 Å². The van der Waals surface area contributed by atoms with Gasteiger partial charge in [-0.1, -0.05) is 110 Å². The molecule has 0 aromatic carbocycles. The Morgan fingerprint density at radius 3 is 0.615 bits per heavy atom. The molecule has 0 aliphatic rings. The standard InChI is InChI=1S/2C12H28OSi.2C4H10O.Zr/c2*1-10(2)7-14(13,8-11(3)4)9-12(5)6;2*1-2-3-4-5;/h2*10-13H,7-9H2,1-6H3;2*5H,2-4H2,1H3;. The molecule has 0 unspecified atom stereocenters. The molecule has 240 valence electrons. The van der Waals surface area contributed by atoms with Gasteiger partial charge in [-0.05, 0) is 84.6 Å². The maximum atomic E-state index is 10.7. The molecule has 0 fully saturated rings. The van der Waals surface area contributed by atoms with Gasteiger partial charge < -0.3 is 19.8 Å². The zero-order valence-electron chi connectivity index (χ0n) is 29.2. The molecule has 0 aromatic heterocycles. The largest absolute Gasteiger partial charge is 0.432 e. The molecule has 0 aliphatic carbocycles. The third-order valence-electron chi connectivity index (χ3n) is 5.75. The van der Waals surface area contributed by atoms with Gasteiger partial charge >= 0.3 is 0 Å². The zero-order chi connectivity index (χ0) is 30.9. The van der Waals surface area contributed by atoms with Gasteiger partial charge in [-0.25, -0.2) is 0 Å². The third-order valence-corrected chi connectivity index (χ3v) is 15.2. The average molecular weight is 672 g/mol. The summed E-state index contributed by atoms with van der Waals surface area (Å²) < 4.78 is 0. The van der Waals surface area contributed by atoms with Gasteiger partial charge in [0.05, 0.1) is 0 Å².